The van der Waals surface area contributed by atoms with Gasteiger partial charge in [0.2, 0.25) is 0 Å². The van der Waals surface area contributed by atoms with Gasteiger partial charge in [0.25, 0.3) is 5.91 Å². The molecule has 94 valence electrons. The van der Waals surface area contributed by atoms with E-state index in [0.29, 0.717) is 22.9 Å². The highest BCUT2D eigenvalue weighted by Crippen LogP contribution is 2.39. The molecule has 4 nitrogen and oxygen atoms in total. The highest BCUT2D eigenvalue weighted by molar-refractivity contribution is 6.01. The van der Waals surface area contributed by atoms with Crippen molar-refractivity contribution in [3.8, 4) is 5.75 Å². The minimum Gasteiger partial charge on any atom is -0.482 e. The van der Waals surface area contributed by atoms with Gasteiger partial charge in [-0.3, -0.25) is 9.59 Å². The quantitative estimate of drug-likeness (QED) is 0.831. The number of fused-ring (bicyclic) bond motifs is 1. The van der Waals surface area contributed by atoms with E-state index in [0.717, 1.165) is 12.8 Å². The summed E-state index contributed by atoms with van der Waals surface area (Å²) in [4.78, 5) is 23.5. The summed E-state index contributed by atoms with van der Waals surface area (Å²) in [5, 5.41) is 2.72. The molecular formula is C14H15NO3. The van der Waals surface area contributed by atoms with E-state index >= 15 is 0 Å². The van der Waals surface area contributed by atoms with Crippen LogP contribution in [-0.2, 0) is 4.79 Å². The van der Waals surface area contributed by atoms with Crippen molar-refractivity contribution in [1.82, 2.24) is 0 Å². The number of Topliss-reactive ketones (excluding diaryl/α,β-unsaturated/α-hetero) is 1. The van der Waals surface area contributed by atoms with Gasteiger partial charge >= 0.3 is 0 Å². The van der Waals surface area contributed by atoms with Crippen LogP contribution in [0.2, 0.25) is 0 Å². The summed E-state index contributed by atoms with van der Waals surface area (Å²) in [5.41, 5.74) is 1.25. The number of carbonyl (C=O) groups is 2. The summed E-state index contributed by atoms with van der Waals surface area (Å²) >= 11 is 0. The summed E-state index contributed by atoms with van der Waals surface area (Å²) < 4.78 is 5.27. The monoisotopic (exact) mass is 245 g/mol. The topological polar surface area (TPSA) is 55.4 Å². The number of nitrogens with one attached hydrogen (secondary N) is 1. The maximum atomic E-state index is 12.2. The van der Waals surface area contributed by atoms with Crippen LogP contribution in [0.25, 0.3) is 0 Å². The van der Waals surface area contributed by atoms with Crippen molar-refractivity contribution in [3.63, 3.8) is 0 Å². The number of anilines is 1. The molecule has 2 aliphatic rings. The van der Waals surface area contributed by atoms with E-state index in [2.05, 4.69) is 5.32 Å². The van der Waals surface area contributed by atoms with Gasteiger partial charge in [-0.2, -0.15) is 0 Å². The standard InChI is InChI=1S/C14H15NO3/c1-8(9-2-3-9)14(17)10-4-5-12-11(6-10)15-13(16)7-18-12/h4-6,8-9H,2-3,7H2,1H3,(H,15,16). The molecule has 1 aromatic rings. The molecule has 0 bridgehead atoms. The lowest BCUT2D eigenvalue weighted by molar-refractivity contribution is -0.118. The number of ketones is 1. The Hall–Kier alpha value is -1.84. The van der Waals surface area contributed by atoms with Gasteiger partial charge in [0.05, 0.1) is 5.69 Å². The minimum absolute atomic E-state index is 0.0404. The summed E-state index contributed by atoms with van der Waals surface area (Å²) in [6, 6.07) is 5.24. The Kier molecular flexibility index (Phi) is 2.58. The van der Waals surface area contributed by atoms with Crippen molar-refractivity contribution in [2.45, 2.75) is 19.8 Å². The van der Waals surface area contributed by atoms with E-state index in [-0.39, 0.29) is 24.2 Å². The van der Waals surface area contributed by atoms with E-state index in [9.17, 15) is 9.59 Å². The van der Waals surface area contributed by atoms with Crippen LogP contribution in [0.3, 0.4) is 0 Å². The van der Waals surface area contributed by atoms with Crippen LogP contribution in [-0.4, -0.2) is 18.3 Å². The van der Waals surface area contributed by atoms with Crippen LogP contribution in [0.1, 0.15) is 30.1 Å². The maximum Gasteiger partial charge on any atom is 0.262 e. The lowest BCUT2D eigenvalue weighted by Gasteiger charge is -2.19. The maximum absolute atomic E-state index is 12.2. The van der Waals surface area contributed by atoms with Gasteiger partial charge < -0.3 is 10.1 Å². The molecule has 1 aliphatic heterocycles. The van der Waals surface area contributed by atoms with Crippen molar-refractivity contribution in [1.29, 1.82) is 0 Å². The Morgan fingerprint density at radius 1 is 1.44 bits per heavy atom. The number of amides is 1. The zero-order valence-electron chi connectivity index (χ0n) is 10.2. The summed E-state index contributed by atoms with van der Waals surface area (Å²) in [5.74, 6) is 1.22. The molecule has 3 rings (SSSR count). The summed E-state index contributed by atoms with van der Waals surface area (Å²) in [6.07, 6.45) is 2.30. The molecule has 18 heavy (non-hydrogen) atoms. The first-order chi connectivity index (χ1) is 8.65. The van der Waals surface area contributed by atoms with Gasteiger partial charge in [-0.15, -0.1) is 0 Å². The van der Waals surface area contributed by atoms with Crippen LogP contribution in [0.4, 0.5) is 5.69 Å². The van der Waals surface area contributed by atoms with Gasteiger partial charge in [0.15, 0.2) is 12.4 Å². The summed E-state index contributed by atoms with van der Waals surface area (Å²) in [7, 11) is 0. The van der Waals surface area contributed by atoms with Crippen molar-refractivity contribution < 1.29 is 14.3 Å². The second kappa shape index (κ2) is 4.12. The molecule has 0 aromatic heterocycles. The molecule has 1 saturated carbocycles. The molecule has 1 amide bonds. The van der Waals surface area contributed by atoms with Crippen molar-refractivity contribution in [3.05, 3.63) is 23.8 Å². The Morgan fingerprint density at radius 2 is 2.22 bits per heavy atom. The number of rotatable bonds is 3. The molecule has 1 atom stereocenters. The zero-order chi connectivity index (χ0) is 12.7. The van der Waals surface area contributed by atoms with E-state index in [1.54, 1.807) is 18.2 Å². The largest absolute Gasteiger partial charge is 0.482 e. The average molecular weight is 245 g/mol. The normalized spacial score (nSPS) is 19.5. The minimum atomic E-state index is -0.178. The highest BCUT2D eigenvalue weighted by Gasteiger charge is 2.33. The average Bonchev–Trinajstić information content (AvgIpc) is 3.20. The number of hydrogen-bond donors (Lipinski definition) is 1. The summed E-state index contributed by atoms with van der Waals surface area (Å²) in [6.45, 7) is 2.02. The zero-order valence-corrected chi connectivity index (χ0v) is 10.2. The van der Waals surface area contributed by atoms with E-state index < -0.39 is 0 Å². The van der Waals surface area contributed by atoms with Crippen LogP contribution < -0.4 is 10.1 Å². The van der Waals surface area contributed by atoms with Gasteiger partial charge in [-0.1, -0.05) is 6.92 Å². The van der Waals surface area contributed by atoms with Gasteiger partial charge in [-0.25, -0.2) is 0 Å². The first-order valence-electron chi connectivity index (χ1n) is 6.26. The third-order valence-electron chi connectivity index (χ3n) is 3.64. The molecule has 1 fully saturated rings. The molecule has 1 aromatic carbocycles. The molecule has 1 unspecified atom stereocenters. The Morgan fingerprint density at radius 3 is 2.94 bits per heavy atom. The van der Waals surface area contributed by atoms with E-state index in [1.165, 1.54) is 0 Å². The number of benzene rings is 1. The molecule has 1 aliphatic carbocycles. The van der Waals surface area contributed by atoms with Gasteiger partial charge in [0.1, 0.15) is 5.75 Å². The fourth-order valence-corrected chi connectivity index (χ4v) is 2.31. The van der Waals surface area contributed by atoms with Crippen molar-refractivity contribution in [2.24, 2.45) is 11.8 Å². The lowest BCUT2D eigenvalue weighted by Crippen LogP contribution is -2.25. The predicted molar refractivity (Wildman–Crippen MR) is 66.8 cm³/mol. The Labute approximate surface area is 105 Å². The highest BCUT2D eigenvalue weighted by atomic mass is 16.5. The van der Waals surface area contributed by atoms with Gasteiger partial charge in [0, 0.05) is 11.5 Å². The Balaban J connectivity index is 1.86. The number of ether oxygens (including phenoxy) is 1. The first-order valence-corrected chi connectivity index (χ1v) is 6.26. The molecule has 0 spiro atoms. The molecule has 0 saturated heterocycles. The molecule has 1 heterocycles. The smallest absolute Gasteiger partial charge is 0.262 e. The van der Waals surface area contributed by atoms with Crippen molar-refractivity contribution in [2.75, 3.05) is 11.9 Å². The van der Waals surface area contributed by atoms with Crippen molar-refractivity contribution >= 4 is 17.4 Å². The van der Waals surface area contributed by atoms with Gasteiger partial charge in [-0.05, 0) is 37.0 Å². The first kappa shape index (κ1) is 11.3. The van der Waals surface area contributed by atoms with Crippen LogP contribution in [0, 0.1) is 11.8 Å². The van der Waals surface area contributed by atoms with Crippen LogP contribution in [0.5, 0.6) is 5.75 Å². The predicted octanol–water partition coefficient (Wildman–Crippen LogP) is 2.25. The van der Waals surface area contributed by atoms with Crippen LogP contribution >= 0.6 is 0 Å². The third-order valence-corrected chi connectivity index (χ3v) is 3.64. The van der Waals surface area contributed by atoms with E-state index in [1.807, 2.05) is 6.92 Å². The SMILES string of the molecule is CC(C(=O)c1ccc2c(c1)NC(=O)CO2)C1CC1. The number of carbonyl (C=O) groups excluding carboxylic acids is 2. The number of hydrogen-bond acceptors (Lipinski definition) is 3. The third kappa shape index (κ3) is 1.98. The molecule has 4 heteroatoms. The molecular weight excluding hydrogens is 230 g/mol. The van der Waals surface area contributed by atoms with E-state index in [4.69, 9.17) is 4.74 Å². The van der Waals surface area contributed by atoms with Crippen LogP contribution in [0.15, 0.2) is 18.2 Å². The second-order valence-electron chi connectivity index (χ2n) is 5.04. The Bertz CT molecular complexity index is 520. The lowest BCUT2D eigenvalue weighted by atomic mass is 9.94. The fraction of sp³-hybridized carbons (Fsp3) is 0.429. The fourth-order valence-electron chi connectivity index (χ4n) is 2.31. The molecule has 0 radical (unpaired) electrons. The molecule has 1 N–H and O–H groups in total. The second-order valence-corrected chi connectivity index (χ2v) is 5.04.